The highest BCUT2D eigenvalue weighted by atomic mass is 32.2. The standard InChI is InChI=1S/C29H35N3O4S/c1-23-16-18-25(19-17-23)22-32(27(29(34)30-2)21-24-11-6-4-7-12-24)28(33)15-10-20-31(3)37(35,36)26-13-8-5-9-14-26/h4-9,11-14,16-19,27H,10,15,20-22H2,1-3H3,(H,30,34). The van der Waals surface area contributed by atoms with Crippen LogP contribution in [0.3, 0.4) is 0 Å². The summed E-state index contributed by atoms with van der Waals surface area (Å²) in [6.07, 6.45) is 0.820. The summed E-state index contributed by atoms with van der Waals surface area (Å²) in [4.78, 5) is 28.4. The summed E-state index contributed by atoms with van der Waals surface area (Å²) in [5.41, 5.74) is 2.98. The highest BCUT2D eigenvalue weighted by molar-refractivity contribution is 7.89. The zero-order valence-corrected chi connectivity index (χ0v) is 22.4. The van der Waals surface area contributed by atoms with E-state index in [1.165, 1.54) is 11.4 Å². The average Bonchev–Trinajstić information content (AvgIpc) is 2.92. The Kier molecular flexibility index (Phi) is 10.00. The molecule has 8 heteroatoms. The van der Waals surface area contributed by atoms with E-state index in [1.54, 1.807) is 42.3 Å². The number of nitrogens with zero attached hydrogens (tertiary/aromatic N) is 2. The van der Waals surface area contributed by atoms with E-state index in [9.17, 15) is 18.0 Å². The van der Waals surface area contributed by atoms with Crippen molar-refractivity contribution in [1.82, 2.24) is 14.5 Å². The maximum atomic E-state index is 13.5. The molecule has 1 atom stereocenters. The molecule has 3 aromatic carbocycles. The molecule has 1 N–H and O–H groups in total. The van der Waals surface area contributed by atoms with Crippen molar-refractivity contribution >= 4 is 21.8 Å². The molecular weight excluding hydrogens is 486 g/mol. The van der Waals surface area contributed by atoms with Gasteiger partial charge in [0.1, 0.15) is 6.04 Å². The number of amides is 2. The van der Waals surface area contributed by atoms with Crippen molar-refractivity contribution in [3.8, 4) is 0 Å². The highest BCUT2D eigenvalue weighted by Crippen LogP contribution is 2.18. The summed E-state index contributed by atoms with van der Waals surface area (Å²) in [6.45, 7) is 2.46. The van der Waals surface area contributed by atoms with Crippen molar-refractivity contribution in [2.24, 2.45) is 0 Å². The normalized spacial score (nSPS) is 12.2. The first kappa shape index (κ1) is 28.1. The van der Waals surface area contributed by atoms with Crippen LogP contribution in [0.15, 0.2) is 89.8 Å². The Hall–Kier alpha value is -3.49. The molecule has 0 aliphatic heterocycles. The van der Waals surface area contributed by atoms with Gasteiger partial charge in [0.05, 0.1) is 4.90 Å². The number of carbonyl (C=O) groups is 2. The van der Waals surface area contributed by atoms with Crippen molar-refractivity contribution < 1.29 is 18.0 Å². The molecule has 0 aliphatic rings. The second-order valence-corrected chi connectivity index (χ2v) is 11.1. The van der Waals surface area contributed by atoms with E-state index in [-0.39, 0.29) is 36.2 Å². The summed E-state index contributed by atoms with van der Waals surface area (Å²) < 4.78 is 26.9. The Balaban J connectivity index is 1.77. The summed E-state index contributed by atoms with van der Waals surface area (Å²) in [5.74, 6) is -0.441. The molecule has 196 valence electrons. The summed E-state index contributed by atoms with van der Waals surface area (Å²) in [7, 11) is -0.559. The molecule has 0 aliphatic carbocycles. The van der Waals surface area contributed by atoms with Gasteiger partial charge in [-0.2, -0.15) is 0 Å². The predicted octanol–water partition coefficient (Wildman–Crippen LogP) is 3.78. The fraction of sp³-hybridized carbons (Fsp3) is 0.310. The molecular formula is C29H35N3O4S. The molecule has 0 saturated carbocycles. The van der Waals surface area contributed by atoms with Gasteiger partial charge in [0.25, 0.3) is 0 Å². The summed E-state index contributed by atoms with van der Waals surface area (Å²) in [6, 6.07) is 25.0. The van der Waals surface area contributed by atoms with E-state index >= 15 is 0 Å². The predicted molar refractivity (Wildman–Crippen MR) is 145 cm³/mol. The third-order valence-electron chi connectivity index (χ3n) is 6.31. The molecule has 0 fully saturated rings. The summed E-state index contributed by atoms with van der Waals surface area (Å²) in [5, 5.41) is 2.71. The van der Waals surface area contributed by atoms with Crippen LogP contribution in [0.4, 0.5) is 0 Å². The number of hydrogen-bond donors (Lipinski definition) is 1. The number of sulfonamides is 1. The summed E-state index contributed by atoms with van der Waals surface area (Å²) >= 11 is 0. The number of nitrogens with one attached hydrogen (secondary N) is 1. The fourth-order valence-electron chi connectivity index (χ4n) is 4.10. The average molecular weight is 522 g/mol. The minimum atomic E-state index is -3.64. The van der Waals surface area contributed by atoms with Gasteiger partial charge in [-0.25, -0.2) is 12.7 Å². The lowest BCUT2D eigenvalue weighted by atomic mass is 10.0. The van der Waals surface area contributed by atoms with Crippen LogP contribution in [0, 0.1) is 6.92 Å². The lowest BCUT2D eigenvalue weighted by Gasteiger charge is -2.31. The zero-order chi connectivity index (χ0) is 26.8. The van der Waals surface area contributed by atoms with Gasteiger partial charge in [-0.1, -0.05) is 78.4 Å². The molecule has 0 aromatic heterocycles. The smallest absolute Gasteiger partial charge is 0.242 e. The number of likely N-dealkylation sites (N-methyl/N-ethyl adjacent to an activating group) is 1. The fourth-order valence-corrected chi connectivity index (χ4v) is 5.33. The van der Waals surface area contributed by atoms with Crippen molar-refractivity contribution in [2.75, 3.05) is 20.6 Å². The number of carbonyl (C=O) groups excluding carboxylic acids is 2. The second kappa shape index (κ2) is 13.2. The first-order chi connectivity index (χ1) is 17.7. The van der Waals surface area contributed by atoms with Crippen LogP contribution < -0.4 is 5.32 Å². The van der Waals surface area contributed by atoms with Crippen LogP contribution in [-0.4, -0.2) is 56.1 Å². The minimum Gasteiger partial charge on any atom is -0.357 e. The van der Waals surface area contributed by atoms with Gasteiger partial charge < -0.3 is 10.2 Å². The molecule has 7 nitrogen and oxygen atoms in total. The number of rotatable bonds is 12. The van der Waals surface area contributed by atoms with Crippen LogP contribution in [0.1, 0.15) is 29.5 Å². The van der Waals surface area contributed by atoms with Gasteiger partial charge in [0.15, 0.2) is 0 Å². The lowest BCUT2D eigenvalue weighted by Crippen LogP contribution is -2.49. The van der Waals surface area contributed by atoms with E-state index in [1.807, 2.05) is 61.5 Å². The van der Waals surface area contributed by atoms with Crippen LogP contribution >= 0.6 is 0 Å². The first-order valence-corrected chi connectivity index (χ1v) is 13.8. The van der Waals surface area contributed by atoms with Gasteiger partial charge in [-0.3, -0.25) is 9.59 Å². The molecule has 0 radical (unpaired) electrons. The van der Waals surface area contributed by atoms with E-state index in [4.69, 9.17) is 0 Å². The Morgan fingerprint density at radius 3 is 2.05 bits per heavy atom. The van der Waals surface area contributed by atoms with E-state index < -0.39 is 16.1 Å². The third-order valence-corrected chi connectivity index (χ3v) is 8.18. The molecule has 2 amide bonds. The van der Waals surface area contributed by atoms with Crippen molar-refractivity contribution in [2.45, 2.75) is 43.7 Å². The second-order valence-electron chi connectivity index (χ2n) is 9.07. The van der Waals surface area contributed by atoms with Gasteiger partial charge >= 0.3 is 0 Å². The number of benzene rings is 3. The maximum Gasteiger partial charge on any atom is 0.242 e. The maximum absolute atomic E-state index is 13.5. The first-order valence-electron chi connectivity index (χ1n) is 12.3. The van der Waals surface area contributed by atoms with Crippen molar-refractivity contribution in [3.63, 3.8) is 0 Å². The van der Waals surface area contributed by atoms with Gasteiger partial charge in [-0.15, -0.1) is 0 Å². The van der Waals surface area contributed by atoms with Crippen LogP contribution in [0.5, 0.6) is 0 Å². The minimum absolute atomic E-state index is 0.114. The molecule has 0 saturated heterocycles. The quantitative estimate of drug-likeness (QED) is 0.393. The van der Waals surface area contributed by atoms with Crippen LogP contribution in [-0.2, 0) is 32.6 Å². The van der Waals surface area contributed by atoms with E-state index in [2.05, 4.69) is 5.32 Å². The van der Waals surface area contributed by atoms with E-state index in [0.717, 1.165) is 16.7 Å². The Labute approximate surface area is 220 Å². The molecule has 0 spiro atoms. The molecule has 1 unspecified atom stereocenters. The monoisotopic (exact) mass is 521 g/mol. The third kappa shape index (κ3) is 7.74. The van der Waals surface area contributed by atoms with Crippen molar-refractivity contribution in [1.29, 1.82) is 0 Å². The SMILES string of the molecule is CNC(=O)C(Cc1ccccc1)N(Cc1ccc(C)cc1)C(=O)CCCN(C)S(=O)(=O)c1ccccc1. The van der Waals surface area contributed by atoms with Gasteiger partial charge in [0.2, 0.25) is 21.8 Å². The molecule has 3 aromatic rings. The Morgan fingerprint density at radius 2 is 1.46 bits per heavy atom. The van der Waals surface area contributed by atoms with Gasteiger partial charge in [-0.05, 0) is 36.6 Å². The molecule has 3 rings (SSSR count). The van der Waals surface area contributed by atoms with Crippen molar-refractivity contribution in [3.05, 3.63) is 102 Å². The topological polar surface area (TPSA) is 86.8 Å². The molecule has 37 heavy (non-hydrogen) atoms. The van der Waals surface area contributed by atoms with Crippen LogP contribution in [0.25, 0.3) is 0 Å². The van der Waals surface area contributed by atoms with Gasteiger partial charge in [0, 0.05) is 40.0 Å². The van der Waals surface area contributed by atoms with Crippen LogP contribution in [0.2, 0.25) is 0 Å². The highest BCUT2D eigenvalue weighted by Gasteiger charge is 2.30. The zero-order valence-electron chi connectivity index (χ0n) is 21.6. The number of hydrogen-bond acceptors (Lipinski definition) is 4. The Morgan fingerprint density at radius 1 is 0.865 bits per heavy atom. The Bertz CT molecular complexity index is 1260. The number of aryl methyl sites for hydroxylation is 1. The molecule has 0 heterocycles. The van der Waals surface area contributed by atoms with E-state index in [0.29, 0.717) is 12.8 Å². The lowest BCUT2D eigenvalue weighted by molar-refractivity contribution is -0.141. The molecule has 0 bridgehead atoms. The largest absolute Gasteiger partial charge is 0.357 e.